The minimum atomic E-state index is -0.0460. The van der Waals surface area contributed by atoms with Crippen molar-refractivity contribution >= 4 is 34.1 Å². The van der Waals surface area contributed by atoms with Crippen LogP contribution in [0, 0.1) is 0 Å². The third-order valence-electron chi connectivity index (χ3n) is 5.04. The lowest BCUT2D eigenvalue weighted by molar-refractivity contribution is 0.132. The Morgan fingerprint density at radius 2 is 2.04 bits per heavy atom. The molecule has 1 saturated heterocycles. The Labute approximate surface area is 164 Å². The molecule has 5 nitrogen and oxygen atoms in total. The summed E-state index contributed by atoms with van der Waals surface area (Å²) in [4.78, 5) is 20.4. The zero-order valence-electron chi connectivity index (χ0n) is 15.6. The lowest BCUT2D eigenvalue weighted by atomic mass is 10.1. The van der Waals surface area contributed by atoms with Crippen LogP contribution in [0.3, 0.4) is 0 Å². The maximum absolute atomic E-state index is 13.1. The molecule has 0 unspecified atom stereocenters. The maximum atomic E-state index is 13.1. The minimum absolute atomic E-state index is 0.0460. The number of nitrogens with zero attached hydrogens (tertiary/aromatic N) is 3. The number of piperazine rings is 1. The van der Waals surface area contributed by atoms with Gasteiger partial charge in [-0.1, -0.05) is 36.5 Å². The summed E-state index contributed by atoms with van der Waals surface area (Å²) in [6.45, 7) is 9.78. The molecule has 0 saturated carbocycles. The molecule has 0 amide bonds. The van der Waals surface area contributed by atoms with Gasteiger partial charge in [-0.2, -0.15) is 0 Å². The summed E-state index contributed by atoms with van der Waals surface area (Å²) in [6.07, 6.45) is 1.99. The van der Waals surface area contributed by atoms with E-state index in [1.165, 1.54) is 0 Å². The van der Waals surface area contributed by atoms with E-state index >= 15 is 0 Å². The van der Waals surface area contributed by atoms with Crippen molar-refractivity contribution in [1.29, 1.82) is 0 Å². The largest absolute Gasteiger partial charge is 0.312 e. The van der Waals surface area contributed by atoms with E-state index in [9.17, 15) is 4.79 Å². The SMILES string of the molecule is CCC[C@H](c1nc2cc(Cl)c(Cl)cc2c(=O)n1CC)N1CCN[C@@H](C)C1. The Hall–Kier alpha value is -1.14. The number of halogens is 2. The van der Waals surface area contributed by atoms with Gasteiger partial charge in [-0.25, -0.2) is 4.98 Å². The van der Waals surface area contributed by atoms with E-state index in [0.29, 0.717) is 33.5 Å². The summed E-state index contributed by atoms with van der Waals surface area (Å²) in [5.41, 5.74) is 0.573. The van der Waals surface area contributed by atoms with Crippen LogP contribution in [0.25, 0.3) is 10.9 Å². The first-order chi connectivity index (χ1) is 12.5. The highest BCUT2D eigenvalue weighted by Gasteiger charge is 2.28. The van der Waals surface area contributed by atoms with Crippen molar-refractivity contribution in [1.82, 2.24) is 19.8 Å². The Morgan fingerprint density at radius 3 is 2.69 bits per heavy atom. The first-order valence-electron chi connectivity index (χ1n) is 9.33. The first kappa shape index (κ1) is 19.6. The number of aromatic nitrogens is 2. The van der Waals surface area contributed by atoms with Crippen LogP contribution in [0.15, 0.2) is 16.9 Å². The summed E-state index contributed by atoms with van der Waals surface area (Å²) in [5, 5.41) is 4.81. The van der Waals surface area contributed by atoms with Crippen LogP contribution in [-0.4, -0.2) is 40.1 Å². The lowest BCUT2D eigenvalue weighted by Gasteiger charge is -2.38. The molecule has 0 spiro atoms. The van der Waals surface area contributed by atoms with Gasteiger partial charge in [-0.05, 0) is 32.4 Å². The molecule has 1 fully saturated rings. The van der Waals surface area contributed by atoms with Gasteiger partial charge in [0.05, 0.1) is 27.0 Å². The normalized spacial score (nSPS) is 19.8. The third-order valence-corrected chi connectivity index (χ3v) is 5.77. The van der Waals surface area contributed by atoms with Crippen LogP contribution in [0.1, 0.15) is 45.5 Å². The number of nitrogens with one attached hydrogen (secondary N) is 1. The fraction of sp³-hybridized carbons (Fsp3) is 0.579. The van der Waals surface area contributed by atoms with Gasteiger partial charge in [0.1, 0.15) is 5.82 Å². The summed E-state index contributed by atoms with van der Waals surface area (Å²) >= 11 is 12.3. The predicted molar refractivity (Wildman–Crippen MR) is 108 cm³/mol. The van der Waals surface area contributed by atoms with Gasteiger partial charge >= 0.3 is 0 Å². The Bertz CT molecular complexity index is 852. The van der Waals surface area contributed by atoms with Crippen LogP contribution < -0.4 is 10.9 Å². The van der Waals surface area contributed by atoms with Crippen molar-refractivity contribution in [3.63, 3.8) is 0 Å². The second-order valence-electron chi connectivity index (χ2n) is 6.96. The molecule has 1 aliphatic rings. The molecule has 2 heterocycles. The van der Waals surface area contributed by atoms with Crippen molar-refractivity contribution in [2.24, 2.45) is 0 Å². The number of hydrogen-bond acceptors (Lipinski definition) is 4. The van der Waals surface area contributed by atoms with Crippen molar-refractivity contribution in [3.05, 3.63) is 38.4 Å². The van der Waals surface area contributed by atoms with Crippen LogP contribution in [-0.2, 0) is 6.54 Å². The second kappa shape index (κ2) is 8.26. The fourth-order valence-electron chi connectivity index (χ4n) is 3.79. The molecule has 1 aliphatic heterocycles. The highest BCUT2D eigenvalue weighted by Crippen LogP contribution is 2.29. The quantitative estimate of drug-likeness (QED) is 0.833. The van der Waals surface area contributed by atoms with Gasteiger partial charge < -0.3 is 5.32 Å². The molecule has 2 aromatic rings. The Balaban J connectivity index is 2.16. The zero-order chi connectivity index (χ0) is 18.8. The van der Waals surface area contributed by atoms with Gasteiger partial charge in [0, 0.05) is 32.2 Å². The molecular weight excluding hydrogens is 371 g/mol. The van der Waals surface area contributed by atoms with E-state index < -0.39 is 0 Å². The van der Waals surface area contributed by atoms with Gasteiger partial charge in [0.15, 0.2) is 0 Å². The molecule has 1 aromatic carbocycles. The summed E-state index contributed by atoms with van der Waals surface area (Å²) in [6, 6.07) is 3.88. The molecule has 1 aromatic heterocycles. The molecule has 0 bridgehead atoms. The van der Waals surface area contributed by atoms with E-state index in [4.69, 9.17) is 28.2 Å². The van der Waals surface area contributed by atoms with Crippen LogP contribution in [0.2, 0.25) is 10.0 Å². The van der Waals surface area contributed by atoms with Gasteiger partial charge in [-0.3, -0.25) is 14.3 Å². The zero-order valence-corrected chi connectivity index (χ0v) is 17.1. The first-order valence-corrected chi connectivity index (χ1v) is 10.1. The van der Waals surface area contributed by atoms with Gasteiger partial charge in [-0.15, -0.1) is 0 Å². The van der Waals surface area contributed by atoms with Crippen molar-refractivity contribution in [2.45, 2.75) is 52.2 Å². The molecule has 2 atom stereocenters. The average Bonchev–Trinajstić information content (AvgIpc) is 2.61. The monoisotopic (exact) mass is 396 g/mol. The molecule has 1 N–H and O–H groups in total. The van der Waals surface area contributed by atoms with Crippen LogP contribution in [0.5, 0.6) is 0 Å². The number of benzene rings is 1. The predicted octanol–water partition coefficient (Wildman–Crippen LogP) is 3.86. The third kappa shape index (κ3) is 3.77. The number of hydrogen-bond donors (Lipinski definition) is 1. The van der Waals surface area contributed by atoms with Crippen molar-refractivity contribution < 1.29 is 0 Å². The standard InChI is InChI=1S/C19H26Cl2N4O/c1-4-6-17(24-8-7-22-12(3)11-24)18-23-16-10-15(21)14(20)9-13(16)19(26)25(18)5-2/h9-10,12,17,22H,4-8,11H2,1-3H3/t12-,17+/m0/s1. The lowest BCUT2D eigenvalue weighted by Crippen LogP contribution is -2.51. The van der Waals surface area contributed by atoms with Crippen LogP contribution in [0.4, 0.5) is 0 Å². The summed E-state index contributed by atoms with van der Waals surface area (Å²) in [5.74, 6) is 0.833. The molecule has 26 heavy (non-hydrogen) atoms. The Morgan fingerprint density at radius 1 is 1.31 bits per heavy atom. The highest BCUT2D eigenvalue weighted by atomic mass is 35.5. The van der Waals surface area contributed by atoms with E-state index in [0.717, 1.165) is 38.3 Å². The highest BCUT2D eigenvalue weighted by molar-refractivity contribution is 6.42. The molecule has 0 aliphatic carbocycles. The smallest absolute Gasteiger partial charge is 0.261 e. The van der Waals surface area contributed by atoms with Gasteiger partial charge in [0.2, 0.25) is 0 Å². The number of fused-ring (bicyclic) bond motifs is 1. The summed E-state index contributed by atoms with van der Waals surface area (Å²) < 4.78 is 1.79. The summed E-state index contributed by atoms with van der Waals surface area (Å²) in [7, 11) is 0. The van der Waals surface area contributed by atoms with E-state index in [1.54, 1.807) is 16.7 Å². The molecule has 0 radical (unpaired) electrons. The average molecular weight is 397 g/mol. The van der Waals surface area contributed by atoms with E-state index in [-0.39, 0.29) is 11.6 Å². The minimum Gasteiger partial charge on any atom is -0.312 e. The molecule has 142 valence electrons. The van der Waals surface area contributed by atoms with Crippen molar-refractivity contribution in [2.75, 3.05) is 19.6 Å². The topological polar surface area (TPSA) is 50.2 Å². The molecule has 7 heteroatoms. The Kier molecular flexibility index (Phi) is 6.23. The molecular formula is C19H26Cl2N4O. The number of rotatable bonds is 5. The van der Waals surface area contributed by atoms with Gasteiger partial charge in [0.25, 0.3) is 5.56 Å². The van der Waals surface area contributed by atoms with Crippen molar-refractivity contribution in [3.8, 4) is 0 Å². The van der Waals surface area contributed by atoms with E-state index in [2.05, 4.69) is 24.1 Å². The fourth-order valence-corrected chi connectivity index (χ4v) is 4.11. The van der Waals surface area contributed by atoms with E-state index in [1.807, 2.05) is 6.92 Å². The molecule has 3 rings (SSSR count). The second-order valence-corrected chi connectivity index (χ2v) is 7.77. The van der Waals surface area contributed by atoms with Crippen LogP contribution >= 0.6 is 23.2 Å². The maximum Gasteiger partial charge on any atom is 0.261 e.